The van der Waals surface area contributed by atoms with Crippen molar-refractivity contribution in [3.63, 3.8) is 0 Å². The van der Waals surface area contributed by atoms with Gasteiger partial charge in [0, 0.05) is 4.47 Å². The molecule has 0 saturated carbocycles. The number of thioether (sulfide) groups is 1. The summed E-state index contributed by atoms with van der Waals surface area (Å²) in [4.78, 5) is 12.3. The molecule has 0 spiro atoms. The largest absolute Gasteiger partial charge is 0.487 e. The Kier molecular flexibility index (Phi) is 6.08. The minimum atomic E-state index is -0.161. The Labute approximate surface area is 185 Å². The number of halogens is 1. The van der Waals surface area contributed by atoms with Crippen LogP contribution in [0.5, 0.6) is 5.75 Å². The third-order valence-corrected chi connectivity index (χ3v) is 5.74. The Morgan fingerprint density at radius 1 is 1.17 bits per heavy atom. The van der Waals surface area contributed by atoms with Crippen molar-refractivity contribution in [1.82, 2.24) is 20.3 Å². The van der Waals surface area contributed by atoms with E-state index in [1.807, 2.05) is 54.7 Å². The summed E-state index contributed by atoms with van der Waals surface area (Å²) in [5.41, 5.74) is 2.80. The van der Waals surface area contributed by atoms with Gasteiger partial charge in [-0.1, -0.05) is 69.4 Å². The molecule has 1 N–H and O–H groups in total. The lowest BCUT2D eigenvalue weighted by molar-refractivity contribution is -0.115. The van der Waals surface area contributed by atoms with E-state index in [1.165, 1.54) is 11.8 Å². The van der Waals surface area contributed by atoms with E-state index in [1.54, 1.807) is 10.8 Å². The first kappa shape index (κ1) is 19.8. The highest BCUT2D eigenvalue weighted by Gasteiger charge is 2.21. The summed E-state index contributed by atoms with van der Waals surface area (Å²) >= 11 is 9.68. The molecule has 4 rings (SSSR count). The van der Waals surface area contributed by atoms with Gasteiger partial charge in [-0.3, -0.25) is 4.79 Å². The number of ether oxygens (including phenoxy) is 1. The van der Waals surface area contributed by atoms with E-state index in [0.717, 1.165) is 21.3 Å². The number of nitrogens with one attached hydrogen (secondary N) is 1. The van der Waals surface area contributed by atoms with Gasteiger partial charge in [0.2, 0.25) is 0 Å². The quantitative estimate of drug-likeness (QED) is 0.416. The molecule has 3 aromatic rings. The van der Waals surface area contributed by atoms with Gasteiger partial charge in [-0.2, -0.15) is 0 Å². The third kappa shape index (κ3) is 5.31. The molecule has 146 valence electrons. The molecular weight excluding hydrogens is 472 g/mol. The molecular formula is C20H15BrN4O2S2. The summed E-state index contributed by atoms with van der Waals surface area (Å²) in [6, 6.07) is 15.6. The van der Waals surface area contributed by atoms with Gasteiger partial charge in [-0.25, -0.2) is 4.68 Å². The van der Waals surface area contributed by atoms with Crippen LogP contribution in [0.1, 0.15) is 16.8 Å². The summed E-state index contributed by atoms with van der Waals surface area (Å²) < 4.78 is 9.10. The Hall–Kier alpha value is -2.49. The molecule has 1 fully saturated rings. The number of amides is 1. The van der Waals surface area contributed by atoms with Crippen molar-refractivity contribution in [1.29, 1.82) is 0 Å². The van der Waals surface area contributed by atoms with Crippen molar-refractivity contribution in [2.45, 2.75) is 13.2 Å². The predicted molar refractivity (Wildman–Crippen MR) is 120 cm³/mol. The topological polar surface area (TPSA) is 69.0 Å². The maximum atomic E-state index is 11.7. The van der Waals surface area contributed by atoms with Crippen molar-refractivity contribution >= 4 is 56.2 Å². The SMILES string of the molecule is O=C1NC(=S)S/C1=C\c1ccc(OCc2cn(Cc3ccc(Br)cc3)nn2)cc1. The zero-order valence-electron chi connectivity index (χ0n) is 15.0. The first-order valence-electron chi connectivity index (χ1n) is 8.66. The Balaban J connectivity index is 1.33. The van der Waals surface area contributed by atoms with Crippen LogP contribution in [0.3, 0.4) is 0 Å². The van der Waals surface area contributed by atoms with Crippen LogP contribution in [0.4, 0.5) is 0 Å². The fourth-order valence-electron chi connectivity index (χ4n) is 2.65. The third-order valence-electron chi connectivity index (χ3n) is 4.05. The van der Waals surface area contributed by atoms with Crippen molar-refractivity contribution in [2.75, 3.05) is 0 Å². The normalized spacial score (nSPS) is 15.0. The van der Waals surface area contributed by atoms with E-state index in [4.69, 9.17) is 17.0 Å². The number of aromatic nitrogens is 3. The smallest absolute Gasteiger partial charge is 0.263 e. The number of carbonyl (C=O) groups excluding carboxylic acids is 1. The average molecular weight is 487 g/mol. The molecule has 1 aliphatic rings. The van der Waals surface area contributed by atoms with Crippen LogP contribution in [0, 0.1) is 0 Å². The van der Waals surface area contributed by atoms with Crippen LogP contribution >= 0.6 is 39.9 Å². The Morgan fingerprint density at radius 3 is 2.62 bits per heavy atom. The molecule has 1 saturated heterocycles. The molecule has 2 heterocycles. The summed E-state index contributed by atoms with van der Waals surface area (Å²) in [5.74, 6) is 0.556. The van der Waals surface area contributed by atoms with Crippen LogP contribution in [-0.4, -0.2) is 25.2 Å². The monoisotopic (exact) mass is 486 g/mol. The lowest BCUT2D eigenvalue weighted by atomic mass is 10.2. The van der Waals surface area contributed by atoms with Gasteiger partial charge in [0.25, 0.3) is 5.91 Å². The molecule has 0 unspecified atom stereocenters. The van der Waals surface area contributed by atoms with E-state index < -0.39 is 0 Å². The molecule has 0 atom stereocenters. The molecule has 0 radical (unpaired) electrons. The second kappa shape index (κ2) is 8.89. The van der Waals surface area contributed by atoms with Crippen LogP contribution in [-0.2, 0) is 17.9 Å². The molecule has 1 amide bonds. The second-order valence-corrected chi connectivity index (χ2v) is 8.88. The van der Waals surface area contributed by atoms with Gasteiger partial charge >= 0.3 is 0 Å². The number of thiocarbonyl (C=S) groups is 1. The number of nitrogens with zero attached hydrogens (tertiary/aromatic N) is 3. The average Bonchev–Trinajstić information content (AvgIpc) is 3.28. The number of hydrogen-bond acceptors (Lipinski definition) is 6. The molecule has 0 bridgehead atoms. The van der Waals surface area contributed by atoms with Crippen molar-refractivity contribution in [2.24, 2.45) is 0 Å². The summed E-state index contributed by atoms with van der Waals surface area (Å²) in [6.07, 6.45) is 3.68. The molecule has 2 aromatic carbocycles. The first-order valence-corrected chi connectivity index (χ1v) is 10.7. The highest BCUT2D eigenvalue weighted by molar-refractivity contribution is 9.10. The fourth-order valence-corrected chi connectivity index (χ4v) is 3.96. The second-order valence-electron chi connectivity index (χ2n) is 6.24. The van der Waals surface area contributed by atoms with E-state index in [9.17, 15) is 4.79 Å². The zero-order chi connectivity index (χ0) is 20.2. The first-order chi connectivity index (χ1) is 14.0. The molecule has 1 aliphatic heterocycles. The number of hydrogen-bond donors (Lipinski definition) is 1. The molecule has 1 aromatic heterocycles. The van der Waals surface area contributed by atoms with E-state index in [0.29, 0.717) is 28.1 Å². The van der Waals surface area contributed by atoms with Gasteiger partial charge in [0.15, 0.2) is 0 Å². The highest BCUT2D eigenvalue weighted by atomic mass is 79.9. The lowest BCUT2D eigenvalue weighted by Gasteiger charge is -2.04. The van der Waals surface area contributed by atoms with E-state index in [2.05, 4.69) is 31.6 Å². The fraction of sp³-hybridized carbons (Fsp3) is 0.100. The van der Waals surface area contributed by atoms with Gasteiger partial charge in [0.05, 0.1) is 17.6 Å². The standard InChI is InChI=1S/C20H15BrN4O2S2/c21-15-5-1-14(2-6-15)10-25-11-16(23-24-25)12-27-17-7-3-13(4-8-17)9-18-19(26)22-20(28)29-18/h1-9,11H,10,12H2,(H,22,26,28)/b18-9-. The minimum Gasteiger partial charge on any atom is -0.487 e. The number of benzene rings is 2. The Bertz CT molecular complexity index is 1080. The molecule has 6 nitrogen and oxygen atoms in total. The molecule has 9 heteroatoms. The van der Waals surface area contributed by atoms with E-state index in [-0.39, 0.29) is 5.91 Å². The summed E-state index contributed by atoms with van der Waals surface area (Å²) in [7, 11) is 0. The van der Waals surface area contributed by atoms with Gasteiger partial charge in [0.1, 0.15) is 22.4 Å². The molecule has 0 aliphatic carbocycles. The number of carbonyl (C=O) groups is 1. The van der Waals surface area contributed by atoms with E-state index >= 15 is 0 Å². The van der Waals surface area contributed by atoms with Crippen molar-refractivity contribution < 1.29 is 9.53 Å². The van der Waals surface area contributed by atoms with Gasteiger partial charge in [-0.05, 0) is 41.5 Å². The Morgan fingerprint density at radius 2 is 1.93 bits per heavy atom. The molecule has 29 heavy (non-hydrogen) atoms. The predicted octanol–water partition coefficient (Wildman–Crippen LogP) is 4.16. The minimum absolute atomic E-state index is 0.161. The van der Waals surface area contributed by atoms with Crippen molar-refractivity contribution in [3.8, 4) is 5.75 Å². The maximum absolute atomic E-state index is 11.7. The van der Waals surface area contributed by atoms with Crippen molar-refractivity contribution in [3.05, 3.63) is 80.9 Å². The maximum Gasteiger partial charge on any atom is 0.263 e. The van der Waals surface area contributed by atoms with Gasteiger partial charge in [-0.15, -0.1) is 5.10 Å². The highest BCUT2D eigenvalue weighted by Crippen LogP contribution is 2.26. The number of rotatable bonds is 6. The summed E-state index contributed by atoms with van der Waals surface area (Å²) in [5, 5.41) is 10.9. The van der Waals surface area contributed by atoms with Crippen LogP contribution in [0.2, 0.25) is 0 Å². The summed E-state index contributed by atoms with van der Waals surface area (Å²) in [6.45, 7) is 0.978. The van der Waals surface area contributed by atoms with Crippen LogP contribution < -0.4 is 10.1 Å². The van der Waals surface area contributed by atoms with Crippen LogP contribution in [0.15, 0.2) is 64.1 Å². The lowest BCUT2D eigenvalue weighted by Crippen LogP contribution is -2.17. The van der Waals surface area contributed by atoms with Gasteiger partial charge < -0.3 is 10.1 Å². The zero-order valence-corrected chi connectivity index (χ0v) is 18.3. The van der Waals surface area contributed by atoms with Crippen LogP contribution in [0.25, 0.3) is 6.08 Å².